The molecule has 0 fully saturated rings. The molecule has 0 aliphatic rings. The van der Waals surface area contributed by atoms with Crippen LogP contribution in [0.4, 0.5) is 4.79 Å². The number of hydrogen-bond donors (Lipinski definition) is 2. The van der Waals surface area contributed by atoms with E-state index in [4.69, 9.17) is 4.74 Å². The van der Waals surface area contributed by atoms with Crippen molar-refractivity contribution in [3.63, 3.8) is 0 Å². The first-order chi connectivity index (χ1) is 9.69. The first-order valence-electron chi connectivity index (χ1n) is 6.54. The van der Waals surface area contributed by atoms with Crippen LogP contribution >= 0.6 is 0 Å². The average Bonchev–Trinajstić information content (AvgIpc) is 2.34. The highest BCUT2D eigenvalue weighted by molar-refractivity contribution is 5.97. The van der Waals surface area contributed by atoms with Gasteiger partial charge in [-0.05, 0) is 39.3 Å². The minimum atomic E-state index is -0.682. The molecule has 1 rings (SSSR count). The summed E-state index contributed by atoms with van der Waals surface area (Å²) in [7, 11) is 0. The number of carbonyl (C=O) groups excluding carboxylic acids is 3. The van der Waals surface area contributed by atoms with Crippen molar-refractivity contribution >= 4 is 17.9 Å². The van der Waals surface area contributed by atoms with Gasteiger partial charge in [-0.25, -0.2) is 9.59 Å². The number of ether oxygens (including phenoxy) is 1. The van der Waals surface area contributed by atoms with Crippen LogP contribution in [0.15, 0.2) is 24.3 Å². The van der Waals surface area contributed by atoms with Crippen molar-refractivity contribution in [3.8, 4) is 0 Å². The molecular formula is C15H20N2O4. The van der Waals surface area contributed by atoms with Gasteiger partial charge in [-0.1, -0.05) is 18.2 Å². The molecule has 0 aliphatic heterocycles. The van der Waals surface area contributed by atoms with E-state index < -0.39 is 30.1 Å². The summed E-state index contributed by atoms with van der Waals surface area (Å²) < 4.78 is 4.87. The molecule has 0 saturated carbocycles. The number of carbonyl (C=O) groups is 3. The fourth-order valence-corrected chi connectivity index (χ4v) is 1.55. The molecular weight excluding hydrogens is 272 g/mol. The van der Waals surface area contributed by atoms with Crippen LogP contribution in [0.2, 0.25) is 0 Å². The normalized spacial score (nSPS) is 10.7. The Morgan fingerprint density at radius 3 is 2.33 bits per heavy atom. The number of nitrogens with one attached hydrogen (secondary N) is 2. The molecule has 21 heavy (non-hydrogen) atoms. The molecule has 1 aromatic carbocycles. The van der Waals surface area contributed by atoms with Crippen LogP contribution in [0.1, 0.15) is 36.7 Å². The summed E-state index contributed by atoms with van der Waals surface area (Å²) in [5.74, 6) is -1.28. The van der Waals surface area contributed by atoms with Gasteiger partial charge in [-0.3, -0.25) is 10.1 Å². The molecule has 0 radical (unpaired) electrons. The van der Waals surface area contributed by atoms with Crippen molar-refractivity contribution in [1.29, 1.82) is 0 Å². The number of imide groups is 1. The lowest BCUT2D eigenvalue weighted by Gasteiger charge is -2.20. The van der Waals surface area contributed by atoms with Gasteiger partial charge in [0.1, 0.15) is 0 Å². The third-order valence-electron chi connectivity index (χ3n) is 2.44. The lowest BCUT2D eigenvalue weighted by atomic mass is 10.1. The Bertz CT molecular complexity index is 547. The molecule has 3 amide bonds. The fourth-order valence-electron chi connectivity index (χ4n) is 1.55. The number of amides is 3. The van der Waals surface area contributed by atoms with Crippen LogP contribution in [0.5, 0.6) is 0 Å². The maximum atomic E-state index is 11.8. The van der Waals surface area contributed by atoms with E-state index in [1.165, 1.54) is 0 Å². The largest absolute Gasteiger partial charge is 0.452 e. The van der Waals surface area contributed by atoms with E-state index in [0.29, 0.717) is 5.56 Å². The number of urea groups is 1. The number of esters is 1. The zero-order chi connectivity index (χ0) is 16.0. The second kappa shape index (κ2) is 6.88. The van der Waals surface area contributed by atoms with Crippen molar-refractivity contribution in [1.82, 2.24) is 10.6 Å². The second-order valence-corrected chi connectivity index (χ2v) is 5.64. The van der Waals surface area contributed by atoms with Gasteiger partial charge >= 0.3 is 12.0 Å². The van der Waals surface area contributed by atoms with E-state index in [9.17, 15) is 14.4 Å². The predicted molar refractivity (Wildman–Crippen MR) is 77.9 cm³/mol. The molecule has 6 nitrogen and oxygen atoms in total. The summed E-state index contributed by atoms with van der Waals surface area (Å²) in [6.07, 6.45) is 0. The van der Waals surface area contributed by atoms with Crippen molar-refractivity contribution in [2.45, 2.75) is 33.2 Å². The van der Waals surface area contributed by atoms with Crippen LogP contribution in [0.3, 0.4) is 0 Å². The molecule has 2 N–H and O–H groups in total. The van der Waals surface area contributed by atoms with Gasteiger partial charge in [0.15, 0.2) is 6.61 Å². The minimum absolute atomic E-state index is 0.393. The molecule has 0 saturated heterocycles. The molecule has 0 atom stereocenters. The smallest absolute Gasteiger partial charge is 0.338 e. The van der Waals surface area contributed by atoms with E-state index in [1.807, 2.05) is 0 Å². The minimum Gasteiger partial charge on any atom is -0.452 e. The van der Waals surface area contributed by atoms with E-state index in [-0.39, 0.29) is 0 Å². The van der Waals surface area contributed by atoms with Crippen molar-refractivity contribution in [3.05, 3.63) is 35.4 Å². The summed E-state index contributed by atoms with van der Waals surface area (Å²) in [5.41, 5.74) is 0.695. The fraction of sp³-hybridized carbons (Fsp3) is 0.400. The van der Waals surface area contributed by atoms with Gasteiger partial charge in [0.05, 0.1) is 5.56 Å². The molecule has 0 heterocycles. The zero-order valence-corrected chi connectivity index (χ0v) is 12.6. The van der Waals surface area contributed by atoms with Crippen molar-refractivity contribution in [2.75, 3.05) is 6.61 Å². The van der Waals surface area contributed by atoms with Gasteiger partial charge in [0.2, 0.25) is 0 Å². The first kappa shape index (κ1) is 16.7. The molecule has 114 valence electrons. The Kier molecular flexibility index (Phi) is 5.46. The lowest BCUT2D eigenvalue weighted by Crippen LogP contribution is -2.49. The maximum Gasteiger partial charge on any atom is 0.338 e. The number of rotatable bonds is 3. The molecule has 1 aromatic rings. The van der Waals surface area contributed by atoms with E-state index >= 15 is 0 Å². The highest BCUT2D eigenvalue weighted by Crippen LogP contribution is 2.08. The Morgan fingerprint density at radius 2 is 1.76 bits per heavy atom. The topological polar surface area (TPSA) is 84.5 Å². The Balaban J connectivity index is 2.45. The van der Waals surface area contributed by atoms with Gasteiger partial charge in [-0.15, -0.1) is 0 Å². The third kappa shape index (κ3) is 6.07. The third-order valence-corrected chi connectivity index (χ3v) is 2.44. The van der Waals surface area contributed by atoms with Crippen LogP contribution in [-0.2, 0) is 9.53 Å². The molecule has 0 unspecified atom stereocenters. The number of benzene rings is 1. The van der Waals surface area contributed by atoms with Gasteiger partial charge in [0, 0.05) is 5.54 Å². The SMILES string of the molecule is Cc1ccccc1C(=O)OCC(=O)NC(=O)NC(C)(C)C. The van der Waals surface area contributed by atoms with Gasteiger partial charge in [-0.2, -0.15) is 0 Å². The molecule has 0 aromatic heterocycles. The monoisotopic (exact) mass is 292 g/mol. The zero-order valence-electron chi connectivity index (χ0n) is 12.6. The van der Waals surface area contributed by atoms with Crippen molar-refractivity contribution in [2.24, 2.45) is 0 Å². The standard InChI is InChI=1S/C15H20N2O4/c1-10-7-5-6-8-11(10)13(19)21-9-12(18)16-14(20)17-15(2,3)4/h5-8H,9H2,1-4H3,(H2,16,17,18,20). The highest BCUT2D eigenvalue weighted by atomic mass is 16.5. The lowest BCUT2D eigenvalue weighted by molar-refractivity contribution is -0.123. The van der Waals surface area contributed by atoms with E-state index in [2.05, 4.69) is 10.6 Å². The molecule has 0 spiro atoms. The van der Waals surface area contributed by atoms with Gasteiger partial charge < -0.3 is 10.1 Å². The van der Waals surface area contributed by atoms with E-state index in [1.54, 1.807) is 52.0 Å². The first-order valence-corrected chi connectivity index (χ1v) is 6.54. The van der Waals surface area contributed by atoms with Crippen LogP contribution < -0.4 is 10.6 Å². The number of hydrogen-bond acceptors (Lipinski definition) is 4. The maximum absolute atomic E-state index is 11.8. The van der Waals surface area contributed by atoms with Crippen LogP contribution in [0.25, 0.3) is 0 Å². The van der Waals surface area contributed by atoms with E-state index in [0.717, 1.165) is 5.56 Å². The predicted octanol–water partition coefficient (Wildman–Crippen LogP) is 1.78. The highest BCUT2D eigenvalue weighted by Gasteiger charge is 2.17. The Morgan fingerprint density at radius 1 is 1.14 bits per heavy atom. The Hall–Kier alpha value is -2.37. The average molecular weight is 292 g/mol. The number of aryl methyl sites for hydroxylation is 1. The summed E-state index contributed by atoms with van der Waals surface area (Å²) in [4.78, 5) is 34.7. The van der Waals surface area contributed by atoms with Crippen molar-refractivity contribution < 1.29 is 19.1 Å². The summed E-state index contributed by atoms with van der Waals surface area (Å²) in [6, 6.07) is 6.27. The quantitative estimate of drug-likeness (QED) is 0.832. The summed E-state index contributed by atoms with van der Waals surface area (Å²) in [5, 5.41) is 4.66. The molecule has 0 bridgehead atoms. The molecule has 0 aliphatic carbocycles. The Labute approximate surface area is 123 Å². The summed E-state index contributed by atoms with van der Waals surface area (Å²) >= 11 is 0. The molecule has 6 heteroatoms. The second-order valence-electron chi connectivity index (χ2n) is 5.64. The van der Waals surface area contributed by atoms with Gasteiger partial charge in [0.25, 0.3) is 5.91 Å². The summed E-state index contributed by atoms with van der Waals surface area (Å²) in [6.45, 7) is 6.62. The van der Waals surface area contributed by atoms with Crippen LogP contribution in [-0.4, -0.2) is 30.1 Å². The van der Waals surface area contributed by atoms with Crippen LogP contribution in [0, 0.1) is 6.92 Å².